The molecule has 21 heavy (non-hydrogen) atoms. The number of benzene rings is 1. The van der Waals surface area contributed by atoms with Gasteiger partial charge in [0.1, 0.15) is 0 Å². The molecule has 1 heterocycles. The quantitative estimate of drug-likeness (QED) is 0.892. The average Bonchev–Trinajstić information content (AvgIpc) is 3.03. The lowest BCUT2D eigenvalue weighted by Gasteiger charge is -2.17. The van der Waals surface area contributed by atoms with Crippen molar-refractivity contribution in [2.45, 2.75) is 31.7 Å². The molecule has 3 rings (SSSR count). The fraction of sp³-hybridized carbons (Fsp3) is 0.562. The van der Waals surface area contributed by atoms with Crippen LogP contribution in [0.1, 0.15) is 24.8 Å². The molecule has 0 spiro atoms. The van der Waals surface area contributed by atoms with Gasteiger partial charge < -0.3 is 10.6 Å². The normalized spacial score (nSPS) is 27.6. The number of carbonyl (C=O) groups is 1. The van der Waals surface area contributed by atoms with Gasteiger partial charge in [0.05, 0.1) is 6.04 Å². The van der Waals surface area contributed by atoms with Crippen LogP contribution in [0.3, 0.4) is 0 Å². The number of carbonyl (C=O) groups excluding carboxylic acids is 1. The van der Waals surface area contributed by atoms with Crippen LogP contribution in [0, 0.1) is 11.8 Å². The molecule has 1 saturated heterocycles. The molecular weight excluding hydrogens is 307 g/mol. The van der Waals surface area contributed by atoms with Crippen LogP contribution >= 0.6 is 23.2 Å². The highest BCUT2D eigenvalue weighted by Crippen LogP contribution is 2.37. The van der Waals surface area contributed by atoms with Gasteiger partial charge >= 0.3 is 0 Å². The van der Waals surface area contributed by atoms with Crippen LogP contribution in [0.2, 0.25) is 10.0 Å². The molecule has 3 unspecified atom stereocenters. The van der Waals surface area contributed by atoms with E-state index >= 15 is 0 Å². The van der Waals surface area contributed by atoms with Crippen LogP contribution in [-0.2, 0) is 11.2 Å². The number of hydrogen-bond donors (Lipinski definition) is 2. The molecule has 1 aliphatic heterocycles. The van der Waals surface area contributed by atoms with Gasteiger partial charge in [0.2, 0.25) is 5.91 Å². The van der Waals surface area contributed by atoms with Crippen molar-refractivity contribution in [3.63, 3.8) is 0 Å². The summed E-state index contributed by atoms with van der Waals surface area (Å²) in [5.74, 6) is 1.37. The van der Waals surface area contributed by atoms with E-state index in [-0.39, 0.29) is 11.9 Å². The van der Waals surface area contributed by atoms with E-state index in [1.807, 2.05) is 12.1 Å². The maximum atomic E-state index is 12.3. The van der Waals surface area contributed by atoms with Gasteiger partial charge in [-0.15, -0.1) is 0 Å². The first-order chi connectivity index (χ1) is 10.1. The first-order valence-electron chi connectivity index (χ1n) is 7.60. The van der Waals surface area contributed by atoms with Crippen molar-refractivity contribution < 1.29 is 4.79 Å². The summed E-state index contributed by atoms with van der Waals surface area (Å²) in [7, 11) is 0. The Morgan fingerprint density at radius 3 is 3.00 bits per heavy atom. The lowest BCUT2D eigenvalue weighted by atomic mass is 9.93. The predicted octanol–water partition coefficient (Wildman–Crippen LogP) is 3.04. The Labute approximate surface area is 135 Å². The summed E-state index contributed by atoms with van der Waals surface area (Å²) < 4.78 is 0. The standard InChI is InChI=1S/C16H20Cl2N2O/c17-12-5-4-10(14(18)8-12)6-7-19-16(21)15-13-3-1-2-11(13)9-20-15/h4-5,8,11,13,15,20H,1-3,6-7,9H2,(H,19,21). The first kappa shape index (κ1) is 15.1. The maximum Gasteiger partial charge on any atom is 0.237 e. The Bertz CT molecular complexity index is 535. The van der Waals surface area contributed by atoms with Crippen LogP contribution in [-0.4, -0.2) is 25.0 Å². The van der Waals surface area contributed by atoms with Crippen molar-refractivity contribution in [1.29, 1.82) is 0 Å². The highest BCUT2D eigenvalue weighted by atomic mass is 35.5. The van der Waals surface area contributed by atoms with Gasteiger partial charge in [-0.2, -0.15) is 0 Å². The second-order valence-corrected chi connectivity index (χ2v) is 6.86. The Hall–Kier alpha value is -0.770. The Morgan fingerprint density at radius 2 is 2.19 bits per heavy atom. The minimum absolute atomic E-state index is 0.00168. The van der Waals surface area contributed by atoms with Crippen LogP contribution in [0.25, 0.3) is 0 Å². The molecule has 3 atom stereocenters. The fourth-order valence-electron chi connectivity index (χ4n) is 3.63. The summed E-state index contributed by atoms with van der Waals surface area (Å²) in [6.07, 6.45) is 4.43. The number of rotatable bonds is 4. The largest absolute Gasteiger partial charge is 0.354 e. The summed E-state index contributed by atoms with van der Waals surface area (Å²) in [5, 5.41) is 7.70. The summed E-state index contributed by atoms with van der Waals surface area (Å²) in [6, 6.07) is 5.48. The maximum absolute atomic E-state index is 12.3. The third kappa shape index (κ3) is 3.36. The molecule has 0 bridgehead atoms. The summed E-state index contributed by atoms with van der Waals surface area (Å²) in [5.41, 5.74) is 1.01. The molecule has 5 heteroatoms. The molecular formula is C16H20Cl2N2O. The molecule has 2 fully saturated rings. The van der Waals surface area contributed by atoms with Crippen molar-refractivity contribution in [1.82, 2.24) is 10.6 Å². The second kappa shape index (κ2) is 6.55. The van der Waals surface area contributed by atoms with E-state index in [0.29, 0.717) is 28.4 Å². The van der Waals surface area contributed by atoms with Crippen molar-refractivity contribution in [3.8, 4) is 0 Å². The van der Waals surface area contributed by atoms with Gasteiger partial charge in [0, 0.05) is 16.6 Å². The predicted molar refractivity (Wildman–Crippen MR) is 85.8 cm³/mol. The molecule has 1 aromatic carbocycles. The molecule has 0 aromatic heterocycles. The first-order valence-corrected chi connectivity index (χ1v) is 8.36. The molecule has 1 aliphatic carbocycles. The van der Waals surface area contributed by atoms with Gasteiger partial charge in [-0.05, 0) is 55.3 Å². The van der Waals surface area contributed by atoms with E-state index in [1.54, 1.807) is 6.07 Å². The number of fused-ring (bicyclic) bond motifs is 1. The number of halogens is 2. The zero-order chi connectivity index (χ0) is 14.8. The molecule has 0 radical (unpaired) electrons. The average molecular weight is 327 g/mol. The number of nitrogens with one attached hydrogen (secondary N) is 2. The zero-order valence-corrected chi connectivity index (χ0v) is 13.4. The monoisotopic (exact) mass is 326 g/mol. The number of amides is 1. The third-order valence-electron chi connectivity index (χ3n) is 4.74. The molecule has 114 valence electrons. The fourth-order valence-corrected chi connectivity index (χ4v) is 4.13. The molecule has 1 saturated carbocycles. The lowest BCUT2D eigenvalue weighted by molar-refractivity contribution is -0.123. The van der Waals surface area contributed by atoms with E-state index in [9.17, 15) is 4.79 Å². The molecule has 1 aromatic rings. The van der Waals surface area contributed by atoms with E-state index in [0.717, 1.165) is 18.5 Å². The van der Waals surface area contributed by atoms with E-state index in [2.05, 4.69) is 10.6 Å². The summed E-state index contributed by atoms with van der Waals surface area (Å²) in [6.45, 7) is 1.60. The van der Waals surface area contributed by atoms with Gasteiger partial charge in [0.15, 0.2) is 0 Å². The van der Waals surface area contributed by atoms with Crippen molar-refractivity contribution >= 4 is 29.1 Å². The van der Waals surface area contributed by atoms with Gasteiger partial charge in [-0.1, -0.05) is 35.7 Å². The van der Waals surface area contributed by atoms with Crippen LogP contribution < -0.4 is 10.6 Å². The van der Waals surface area contributed by atoms with E-state index < -0.39 is 0 Å². The SMILES string of the molecule is O=C(NCCc1ccc(Cl)cc1Cl)C1NCC2CCCC21. The lowest BCUT2D eigenvalue weighted by Crippen LogP contribution is -2.44. The Morgan fingerprint density at radius 1 is 1.33 bits per heavy atom. The van der Waals surface area contributed by atoms with Crippen LogP contribution in [0.5, 0.6) is 0 Å². The minimum Gasteiger partial charge on any atom is -0.354 e. The summed E-state index contributed by atoms with van der Waals surface area (Å²) in [4.78, 5) is 12.3. The highest BCUT2D eigenvalue weighted by Gasteiger charge is 2.42. The highest BCUT2D eigenvalue weighted by molar-refractivity contribution is 6.35. The zero-order valence-electron chi connectivity index (χ0n) is 11.9. The second-order valence-electron chi connectivity index (χ2n) is 6.02. The summed E-state index contributed by atoms with van der Waals surface area (Å²) >= 11 is 12.0. The van der Waals surface area contributed by atoms with Crippen LogP contribution in [0.15, 0.2) is 18.2 Å². The van der Waals surface area contributed by atoms with Crippen LogP contribution in [0.4, 0.5) is 0 Å². The van der Waals surface area contributed by atoms with Crippen molar-refractivity contribution in [2.75, 3.05) is 13.1 Å². The van der Waals surface area contributed by atoms with Crippen molar-refractivity contribution in [3.05, 3.63) is 33.8 Å². The molecule has 1 amide bonds. The molecule has 3 nitrogen and oxygen atoms in total. The van der Waals surface area contributed by atoms with Gasteiger partial charge in [-0.3, -0.25) is 4.79 Å². The Kier molecular flexibility index (Phi) is 4.72. The minimum atomic E-state index is -0.00168. The smallest absolute Gasteiger partial charge is 0.237 e. The molecule has 2 N–H and O–H groups in total. The van der Waals surface area contributed by atoms with Gasteiger partial charge in [0.25, 0.3) is 0 Å². The molecule has 2 aliphatic rings. The third-order valence-corrected chi connectivity index (χ3v) is 5.32. The number of hydrogen-bond acceptors (Lipinski definition) is 2. The Balaban J connectivity index is 1.50. The van der Waals surface area contributed by atoms with E-state index in [4.69, 9.17) is 23.2 Å². The van der Waals surface area contributed by atoms with Crippen molar-refractivity contribution in [2.24, 2.45) is 11.8 Å². The van der Waals surface area contributed by atoms with Gasteiger partial charge in [-0.25, -0.2) is 0 Å². The van der Waals surface area contributed by atoms with E-state index in [1.165, 1.54) is 19.3 Å². The topological polar surface area (TPSA) is 41.1 Å².